The number of anilines is 1. The highest BCUT2D eigenvalue weighted by Gasteiger charge is 2.36. The zero-order valence-corrected chi connectivity index (χ0v) is 12.7. The van der Waals surface area contributed by atoms with Crippen LogP contribution in [0.15, 0.2) is 24.3 Å². The predicted octanol–water partition coefficient (Wildman–Crippen LogP) is 4.38. The Balaban J connectivity index is 1.95. The Bertz CT molecular complexity index is 447. The van der Waals surface area contributed by atoms with Crippen molar-refractivity contribution in [2.45, 2.75) is 59.0 Å². The highest BCUT2D eigenvalue weighted by molar-refractivity contribution is 5.95. The number of carbonyl (C=O) groups is 1. The summed E-state index contributed by atoms with van der Waals surface area (Å²) in [6.07, 6.45) is 5.50. The fourth-order valence-electron chi connectivity index (χ4n) is 2.60. The van der Waals surface area contributed by atoms with Gasteiger partial charge in [0, 0.05) is 11.1 Å². The van der Waals surface area contributed by atoms with Crippen LogP contribution < -0.4 is 10.1 Å². The van der Waals surface area contributed by atoms with E-state index in [0.717, 1.165) is 43.5 Å². The van der Waals surface area contributed by atoms with Gasteiger partial charge in [-0.25, -0.2) is 0 Å². The summed E-state index contributed by atoms with van der Waals surface area (Å²) in [5, 5.41) is 3.02. The molecule has 110 valence electrons. The molecule has 1 N–H and O–H groups in total. The van der Waals surface area contributed by atoms with E-state index in [9.17, 15) is 4.79 Å². The van der Waals surface area contributed by atoms with Gasteiger partial charge in [0.15, 0.2) is 0 Å². The molecule has 0 spiro atoms. The number of benzene rings is 1. The first-order valence-electron chi connectivity index (χ1n) is 7.62. The monoisotopic (exact) mass is 275 g/mol. The van der Waals surface area contributed by atoms with Crippen molar-refractivity contribution >= 4 is 11.6 Å². The van der Waals surface area contributed by atoms with E-state index in [1.165, 1.54) is 0 Å². The number of rotatable bonds is 5. The van der Waals surface area contributed by atoms with Gasteiger partial charge in [-0.15, -0.1) is 0 Å². The number of ether oxygens (including phenoxy) is 1. The highest BCUT2D eigenvalue weighted by Crippen LogP contribution is 2.38. The van der Waals surface area contributed by atoms with Crippen molar-refractivity contribution in [2.24, 2.45) is 5.41 Å². The minimum atomic E-state index is -0.189. The smallest absolute Gasteiger partial charge is 0.230 e. The molecule has 0 aliphatic heterocycles. The summed E-state index contributed by atoms with van der Waals surface area (Å²) in [7, 11) is 0. The number of nitrogens with one attached hydrogen (secondary N) is 1. The van der Waals surface area contributed by atoms with E-state index in [1.807, 2.05) is 24.3 Å². The molecular weight excluding hydrogens is 250 g/mol. The molecule has 1 aliphatic carbocycles. The molecule has 1 aromatic rings. The third-order valence-electron chi connectivity index (χ3n) is 4.28. The van der Waals surface area contributed by atoms with Gasteiger partial charge >= 0.3 is 0 Å². The average Bonchev–Trinajstić information content (AvgIpc) is 2.89. The second-order valence-electron chi connectivity index (χ2n) is 6.08. The molecule has 0 aromatic heterocycles. The van der Waals surface area contributed by atoms with Crippen LogP contribution in [0.25, 0.3) is 0 Å². The first-order chi connectivity index (χ1) is 9.53. The summed E-state index contributed by atoms with van der Waals surface area (Å²) in [6, 6.07) is 7.65. The molecule has 1 atom stereocenters. The molecule has 3 heteroatoms. The summed E-state index contributed by atoms with van der Waals surface area (Å²) in [5.74, 6) is 0.995. The fourth-order valence-corrected chi connectivity index (χ4v) is 2.60. The maximum Gasteiger partial charge on any atom is 0.230 e. The average molecular weight is 275 g/mol. The summed E-state index contributed by atoms with van der Waals surface area (Å²) in [5.41, 5.74) is 0.658. The molecule has 1 saturated carbocycles. The first kappa shape index (κ1) is 14.9. The molecule has 0 radical (unpaired) electrons. The van der Waals surface area contributed by atoms with E-state index in [1.54, 1.807) is 0 Å². The first-order valence-corrected chi connectivity index (χ1v) is 7.62. The van der Waals surface area contributed by atoms with E-state index < -0.39 is 0 Å². The lowest BCUT2D eigenvalue weighted by atomic mass is 9.88. The minimum Gasteiger partial charge on any atom is -0.491 e. The van der Waals surface area contributed by atoms with Crippen LogP contribution in [0.5, 0.6) is 5.75 Å². The Labute approximate surface area is 121 Å². The number of carbonyl (C=O) groups excluding carboxylic acids is 1. The quantitative estimate of drug-likeness (QED) is 0.866. The van der Waals surface area contributed by atoms with Crippen LogP contribution >= 0.6 is 0 Å². The molecule has 3 nitrogen and oxygen atoms in total. The molecule has 1 aromatic carbocycles. The standard InChI is InChI=1S/C17H25NO2/c1-4-13(2)20-15-9-7-14(8-10-15)18-16(19)17(3)11-5-6-12-17/h7-10,13H,4-6,11-12H2,1-3H3,(H,18,19). The second kappa shape index (κ2) is 6.29. The van der Waals surface area contributed by atoms with Crippen LogP contribution in [0.4, 0.5) is 5.69 Å². The topological polar surface area (TPSA) is 38.3 Å². The van der Waals surface area contributed by atoms with Crippen molar-refractivity contribution in [1.82, 2.24) is 0 Å². The molecular formula is C17H25NO2. The summed E-state index contributed by atoms with van der Waals surface area (Å²) < 4.78 is 5.73. The SMILES string of the molecule is CCC(C)Oc1ccc(NC(=O)C2(C)CCCC2)cc1. The van der Waals surface area contributed by atoms with E-state index in [0.29, 0.717) is 0 Å². The summed E-state index contributed by atoms with van der Waals surface area (Å²) in [6.45, 7) is 6.22. The lowest BCUT2D eigenvalue weighted by molar-refractivity contribution is -0.124. The normalized spacial score (nSPS) is 18.6. The zero-order chi connectivity index (χ0) is 14.6. The molecule has 1 unspecified atom stereocenters. The third kappa shape index (κ3) is 3.53. The van der Waals surface area contributed by atoms with Crippen molar-refractivity contribution in [3.63, 3.8) is 0 Å². The lowest BCUT2D eigenvalue weighted by Gasteiger charge is -2.22. The maximum atomic E-state index is 12.3. The molecule has 0 saturated heterocycles. The van der Waals surface area contributed by atoms with E-state index in [-0.39, 0.29) is 17.4 Å². The lowest BCUT2D eigenvalue weighted by Crippen LogP contribution is -2.30. The highest BCUT2D eigenvalue weighted by atomic mass is 16.5. The molecule has 1 fully saturated rings. The van der Waals surface area contributed by atoms with Crippen LogP contribution in [0.3, 0.4) is 0 Å². The molecule has 1 amide bonds. The Kier molecular flexibility index (Phi) is 4.69. The van der Waals surface area contributed by atoms with Gasteiger partial charge in [0.1, 0.15) is 5.75 Å². The van der Waals surface area contributed by atoms with E-state index in [2.05, 4.69) is 26.1 Å². The van der Waals surface area contributed by atoms with Crippen molar-refractivity contribution in [3.05, 3.63) is 24.3 Å². The molecule has 2 rings (SSSR count). The van der Waals surface area contributed by atoms with Gasteiger partial charge in [-0.3, -0.25) is 4.79 Å². The van der Waals surface area contributed by atoms with Crippen LogP contribution in [0.1, 0.15) is 52.9 Å². The van der Waals surface area contributed by atoms with Crippen molar-refractivity contribution in [1.29, 1.82) is 0 Å². The van der Waals surface area contributed by atoms with Gasteiger partial charge in [-0.2, -0.15) is 0 Å². The zero-order valence-electron chi connectivity index (χ0n) is 12.7. The van der Waals surface area contributed by atoms with Crippen LogP contribution in [0.2, 0.25) is 0 Å². The van der Waals surface area contributed by atoms with Crippen molar-refractivity contribution in [2.75, 3.05) is 5.32 Å². The summed E-state index contributed by atoms with van der Waals surface area (Å²) >= 11 is 0. The van der Waals surface area contributed by atoms with Crippen molar-refractivity contribution in [3.8, 4) is 5.75 Å². The predicted molar refractivity (Wildman–Crippen MR) is 82.0 cm³/mol. The molecule has 20 heavy (non-hydrogen) atoms. The second-order valence-corrected chi connectivity index (χ2v) is 6.08. The van der Waals surface area contributed by atoms with Crippen molar-refractivity contribution < 1.29 is 9.53 Å². The Hall–Kier alpha value is -1.51. The van der Waals surface area contributed by atoms with Gasteiger partial charge in [-0.05, 0) is 50.5 Å². The largest absolute Gasteiger partial charge is 0.491 e. The van der Waals surface area contributed by atoms with Crippen LogP contribution in [-0.2, 0) is 4.79 Å². The molecule has 0 heterocycles. The van der Waals surface area contributed by atoms with Gasteiger partial charge in [0.2, 0.25) is 5.91 Å². The van der Waals surface area contributed by atoms with Crippen LogP contribution in [0, 0.1) is 5.41 Å². The Morgan fingerprint density at radius 3 is 2.45 bits per heavy atom. The number of amides is 1. The number of hydrogen-bond donors (Lipinski definition) is 1. The minimum absolute atomic E-state index is 0.144. The van der Waals surface area contributed by atoms with Crippen LogP contribution in [-0.4, -0.2) is 12.0 Å². The maximum absolute atomic E-state index is 12.3. The van der Waals surface area contributed by atoms with Gasteiger partial charge in [-0.1, -0.05) is 26.7 Å². The molecule has 1 aliphatic rings. The van der Waals surface area contributed by atoms with Gasteiger partial charge in [0.25, 0.3) is 0 Å². The Morgan fingerprint density at radius 1 is 1.30 bits per heavy atom. The number of hydrogen-bond acceptors (Lipinski definition) is 2. The van der Waals surface area contributed by atoms with E-state index >= 15 is 0 Å². The van der Waals surface area contributed by atoms with Gasteiger partial charge < -0.3 is 10.1 Å². The molecule has 0 bridgehead atoms. The summed E-state index contributed by atoms with van der Waals surface area (Å²) in [4.78, 5) is 12.3. The van der Waals surface area contributed by atoms with E-state index in [4.69, 9.17) is 4.74 Å². The van der Waals surface area contributed by atoms with Gasteiger partial charge in [0.05, 0.1) is 6.10 Å². The third-order valence-corrected chi connectivity index (χ3v) is 4.28. The Morgan fingerprint density at radius 2 is 1.90 bits per heavy atom. The fraction of sp³-hybridized carbons (Fsp3) is 0.588.